The van der Waals surface area contributed by atoms with E-state index in [1.54, 1.807) is 12.3 Å². The third-order valence-electron chi connectivity index (χ3n) is 1.67. The smallest absolute Gasteiger partial charge is 0.406 e. The highest BCUT2D eigenvalue weighted by Gasteiger charge is 2.25. The number of rotatable bonds is 1. The zero-order chi connectivity index (χ0) is 8.23. The van der Waals surface area contributed by atoms with E-state index in [0.717, 1.165) is 25.2 Å². The highest BCUT2D eigenvalue weighted by molar-refractivity contribution is 6.60. The third-order valence-corrected chi connectivity index (χ3v) is 1.67. The second-order valence-electron chi connectivity index (χ2n) is 2.56. The van der Waals surface area contributed by atoms with Gasteiger partial charge in [0, 0.05) is 19.4 Å². The van der Waals surface area contributed by atoms with Gasteiger partial charge in [0.15, 0.2) is 0 Å². The van der Waals surface area contributed by atoms with Gasteiger partial charge in [0.2, 0.25) is 0 Å². The molecule has 0 aromatic carbocycles. The van der Waals surface area contributed by atoms with Crippen molar-refractivity contribution in [1.29, 1.82) is 0 Å². The minimum atomic E-state index is -0.290. The molecule has 62 valence electrons. The summed E-state index contributed by atoms with van der Waals surface area (Å²) in [7, 11) is -0.290. The third kappa shape index (κ3) is 1.62. The van der Waals surface area contributed by atoms with Crippen molar-refractivity contribution in [2.75, 3.05) is 13.2 Å². The Balaban J connectivity index is 2.08. The van der Waals surface area contributed by atoms with Gasteiger partial charge in [0.1, 0.15) is 6.33 Å². The Morgan fingerprint density at radius 2 is 2.17 bits per heavy atom. The molecule has 0 bridgehead atoms. The van der Waals surface area contributed by atoms with Gasteiger partial charge in [0.25, 0.3) is 0 Å². The largest absolute Gasteiger partial charge is 0.513 e. The molecule has 0 atom stereocenters. The summed E-state index contributed by atoms with van der Waals surface area (Å²) in [5.41, 5.74) is 0.796. The normalized spacial score (nSPS) is 17.8. The summed E-state index contributed by atoms with van der Waals surface area (Å²) in [6, 6.07) is 1.80. The topological polar surface area (TPSA) is 44.2 Å². The highest BCUT2D eigenvalue weighted by Crippen LogP contribution is 1.99. The van der Waals surface area contributed by atoms with E-state index in [4.69, 9.17) is 9.31 Å². The number of aromatic nitrogens is 2. The van der Waals surface area contributed by atoms with Crippen LogP contribution in [0.4, 0.5) is 0 Å². The van der Waals surface area contributed by atoms with Crippen molar-refractivity contribution >= 4 is 12.7 Å². The van der Waals surface area contributed by atoms with E-state index in [0.29, 0.717) is 0 Å². The molecule has 1 aliphatic rings. The molecule has 2 heterocycles. The lowest BCUT2D eigenvalue weighted by atomic mass is 9.83. The maximum absolute atomic E-state index is 5.35. The molecule has 0 saturated carbocycles. The van der Waals surface area contributed by atoms with E-state index in [1.165, 1.54) is 6.33 Å². The summed E-state index contributed by atoms with van der Waals surface area (Å²) < 4.78 is 10.7. The van der Waals surface area contributed by atoms with Gasteiger partial charge >= 0.3 is 7.12 Å². The van der Waals surface area contributed by atoms with Crippen LogP contribution >= 0.6 is 0 Å². The summed E-state index contributed by atoms with van der Waals surface area (Å²) >= 11 is 0. The Morgan fingerprint density at radius 1 is 1.33 bits per heavy atom. The summed E-state index contributed by atoms with van der Waals surface area (Å²) in [6.07, 6.45) is 4.14. The van der Waals surface area contributed by atoms with Crippen molar-refractivity contribution in [2.24, 2.45) is 0 Å². The van der Waals surface area contributed by atoms with Gasteiger partial charge in [-0.2, -0.15) is 0 Å². The van der Waals surface area contributed by atoms with Crippen LogP contribution in [-0.2, 0) is 9.31 Å². The summed E-state index contributed by atoms with van der Waals surface area (Å²) in [5.74, 6) is 0. The van der Waals surface area contributed by atoms with Crippen LogP contribution in [0.1, 0.15) is 6.42 Å². The van der Waals surface area contributed by atoms with Gasteiger partial charge in [-0.25, -0.2) is 9.97 Å². The van der Waals surface area contributed by atoms with E-state index >= 15 is 0 Å². The lowest BCUT2D eigenvalue weighted by Gasteiger charge is -2.18. The molecule has 0 spiro atoms. The second-order valence-corrected chi connectivity index (χ2v) is 2.56. The van der Waals surface area contributed by atoms with Crippen molar-refractivity contribution in [2.45, 2.75) is 6.42 Å². The van der Waals surface area contributed by atoms with Crippen LogP contribution in [-0.4, -0.2) is 30.3 Å². The fourth-order valence-electron chi connectivity index (χ4n) is 1.10. The van der Waals surface area contributed by atoms with Crippen LogP contribution in [0, 0.1) is 0 Å². The van der Waals surface area contributed by atoms with Crippen molar-refractivity contribution in [3.05, 3.63) is 18.6 Å². The quantitative estimate of drug-likeness (QED) is 0.530. The minimum Gasteiger partial charge on any atom is -0.406 e. The number of nitrogens with zero attached hydrogens (tertiary/aromatic N) is 2. The molecule has 12 heavy (non-hydrogen) atoms. The van der Waals surface area contributed by atoms with Gasteiger partial charge < -0.3 is 9.31 Å². The Hall–Kier alpha value is -0.935. The van der Waals surface area contributed by atoms with E-state index in [1.807, 2.05) is 0 Å². The van der Waals surface area contributed by atoms with Gasteiger partial charge in [-0.3, -0.25) is 0 Å². The minimum absolute atomic E-state index is 0.290. The molecular weight excluding hydrogens is 155 g/mol. The first-order chi connectivity index (χ1) is 5.97. The average molecular weight is 164 g/mol. The van der Waals surface area contributed by atoms with Crippen molar-refractivity contribution in [3.63, 3.8) is 0 Å². The maximum atomic E-state index is 5.35. The average Bonchev–Trinajstić information content (AvgIpc) is 2.21. The van der Waals surface area contributed by atoms with Crippen LogP contribution in [0.3, 0.4) is 0 Å². The van der Waals surface area contributed by atoms with Gasteiger partial charge in [-0.05, 0) is 12.5 Å². The molecular formula is C7H9BN2O2. The first-order valence-corrected chi connectivity index (χ1v) is 3.96. The van der Waals surface area contributed by atoms with Crippen LogP contribution in [0.15, 0.2) is 18.6 Å². The first-order valence-electron chi connectivity index (χ1n) is 3.96. The maximum Gasteiger partial charge on any atom is 0.513 e. The number of hydrogen-bond donors (Lipinski definition) is 0. The zero-order valence-corrected chi connectivity index (χ0v) is 6.64. The molecule has 1 aromatic rings. The fourth-order valence-corrected chi connectivity index (χ4v) is 1.10. The van der Waals surface area contributed by atoms with Crippen molar-refractivity contribution < 1.29 is 9.31 Å². The van der Waals surface area contributed by atoms with Gasteiger partial charge in [-0.15, -0.1) is 0 Å². The first kappa shape index (κ1) is 7.70. The Kier molecular flexibility index (Phi) is 2.34. The standard InChI is InChI=1S/C7H9BN2O2/c1-4-11-8(12-5-1)7-2-3-9-6-10-7/h2-3,6H,1,4-5H2. The molecule has 1 saturated heterocycles. The van der Waals surface area contributed by atoms with E-state index in [-0.39, 0.29) is 7.12 Å². The molecule has 4 nitrogen and oxygen atoms in total. The molecule has 0 unspecified atom stereocenters. The second kappa shape index (κ2) is 3.64. The summed E-state index contributed by atoms with van der Waals surface area (Å²) in [4.78, 5) is 7.86. The Labute approximate surface area is 71.1 Å². The molecule has 0 aliphatic carbocycles. The molecule has 0 amide bonds. The Morgan fingerprint density at radius 3 is 2.83 bits per heavy atom. The van der Waals surface area contributed by atoms with Crippen molar-refractivity contribution in [3.8, 4) is 0 Å². The molecule has 0 N–H and O–H groups in total. The Bertz CT molecular complexity index is 238. The molecule has 1 fully saturated rings. The molecule has 2 rings (SSSR count). The van der Waals surface area contributed by atoms with Gasteiger partial charge in [-0.1, -0.05) is 0 Å². The molecule has 0 radical (unpaired) electrons. The fraction of sp³-hybridized carbons (Fsp3) is 0.429. The summed E-state index contributed by atoms with van der Waals surface area (Å²) in [5, 5.41) is 0. The SMILES string of the molecule is c1cc(B2OCCCO2)ncn1. The predicted molar refractivity (Wildman–Crippen MR) is 43.9 cm³/mol. The van der Waals surface area contributed by atoms with Crippen LogP contribution in [0.5, 0.6) is 0 Å². The van der Waals surface area contributed by atoms with E-state index < -0.39 is 0 Å². The van der Waals surface area contributed by atoms with Crippen LogP contribution in [0.2, 0.25) is 0 Å². The highest BCUT2D eigenvalue weighted by atomic mass is 16.6. The monoisotopic (exact) mass is 164 g/mol. The number of hydrogen-bond acceptors (Lipinski definition) is 4. The predicted octanol–water partition coefficient (Wildman–Crippen LogP) is -0.391. The van der Waals surface area contributed by atoms with Gasteiger partial charge in [0.05, 0.1) is 5.59 Å². The van der Waals surface area contributed by atoms with Crippen LogP contribution < -0.4 is 5.59 Å². The van der Waals surface area contributed by atoms with E-state index in [2.05, 4.69) is 9.97 Å². The molecule has 1 aliphatic heterocycles. The van der Waals surface area contributed by atoms with Crippen LogP contribution in [0.25, 0.3) is 0 Å². The lowest BCUT2D eigenvalue weighted by Crippen LogP contribution is -2.42. The lowest BCUT2D eigenvalue weighted by molar-refractivity contribution is 0.143. The van der Waals surface area contributed by atoms with Crippen molar-refractivity contribution in [1.82, 2.24) is 9.97 Å². The van der Waals surface area contributed by atoms with E-state index in [9.17, 15) is 0 Å². The molecule has 5 heteroatoms. The zero-order valence-electron chi connectivity index (χ0n) is 6.64. The summed E-state index contributed by atoms with van der Waals surface area (Å²) in [6.45, 7) is 1.49. The molecule has 1 aromatic heterocycles.